The van der Waals surface area contributed by atoms with E-state index in [1.165, 1.54) is 6.07 Å². The second-order valence-electron chi connectivity index (χ2n) is 5.52. The van der Waals surface area contributed by atoms with Gasteiger partial charge < -0.3 is 5.32 Å². The monoisotopic (exact) mass is 397 g/mol. The summed E-state index contributed by atoms with van der Waals surface area (Å²) in [5, 5.41) is 2.91. The molecule has 1 amide bonds. The molecule has 0 spiro atoms. The third-order valence-electron chi connectivity index (χ3n) is 3.56. The molecule has 0 saturated heterocycles. The quantitative estimate of drug-likeness (QED) is 0.751. The first-order chi connectivity index (χ1) is 9.82. The molecule has 0 radical (unpaired) electrons. The molecule has 0 bridgehead atoms. The van der Waals surface area contributed by atoms with Crippen LogP contribution in [0.15, 0.2) is 42.5 Å². The average Bonchev–Trinajstić information content (AvgIpc) is 2.43. The number of carbonyl (C=O) groups is 1. The normalized spacial score (nSPS) is 11.3. The maximum absolute atomic E-state index is 13.9. The highest BCUT2D eigenvalue weighted by atomic mass is 127. The molecule has 0 heterocycles. The Bertz CT molecular complexity index is 682. The highest BCUT2D eigenvalue weighted by Crippen LogP contribution is 2.28. The molecule has 0 unspecified atom stereocenters. The van der Waals surface area contributed by atoms with E-state index in [4.69, 9.17) is 0 Å². The van der Waals surface area contributed by atoms with Gasteiger partial charge in [0, 0.05) is 14.8 Å². The molecule has 0 aliphatic carbocycles. The number of rotatable bonds is 3. The number of amides is 1. The summed E-state index contributed by atoms with van der Waals surface area (Å²) in [6.07, 6.45) is 0. The molecule has 2 aromatic rings. The summed E-state index contributed by atoms with van der Waals surface area (Å²) in [5.41, 5.74) is 1.19. The van der Waals surface area contributed by atoms with E-state index < -0.39 is 5.41 Å². The molecular weight excluding hydrogens is 380 g/mol. The van der Waals surface area contributed by atoms with Crippen LogP contribution in [0.3, 0.4) is 0 Å². The fourth-order valence-electron chi connectivity index (χ4n) is 2.10. The SMILES string of the molecule is Cc1ccc(I)cc1NC(=O)C(C)(C)c1ccccc1F. The average molecular weight is 397 g/mol. The van der Waals surface area contributed by atoms with Gasteiger partial charge in [-0.3, -0.25) is 4.79 Å². The van der Waals surface area contributed by atoms with Gasteiger partial charge in [-0.1, -0.05) is 24.3 Å². The minimum absolute atomic E-state index is 0.224. The number of benzene rings is 2. The predicted molar refractivity (Wildman–Crippen MR) is 92.0 cm³/mol. The minimum atomic E-state index is -0.945. The topological polar surface area (TPSA) is 29.1 Å². The zero-order valence-electron chi connectivity index (χ0n) is 12.2. The van der Waals surface area contributed by atoms with E-state index in [0.29, 0.717) is 5.56 Å². The van der Waals surface area contributed by atoms with Crippen LogP contribution in [0.25, 0.3) is 0 Å². The van der Waals surface area contributed by atoms with E-state index in [-0.39, 0.29) is 11.7 Å². The highest BCUT2D eigenvalue weighted by Gasteiger charge is 2.32. The number of carbonyl (C=O) groups excluding carboxylic acids is 1. The summed E-state index contributed by atoms with van der Waals surface area (Å²) in [5.74, 6) is -0.588. The molecule has 2 rings (SSSR count). The van der Waals surface area contributed by atoms with Gasteiger partial charge in [-0.05, 0) is 67.1 Å². The van der Waals surface area contributed by atoms with E-state index in [0.717, 1.165) is 14.8 Å². The zero-order chi connectivity index (χ0) is 15.6. The van der Waals surface area contributed by atoms with Crippen LogP contribution in [-0.4, -0.2) is 5.91 Å². The van der Waals surface area contributed by atoms with Crippen LogP contribution >= 0.6 is 22.6 Å². The third kappa shape index (κ3) is 3.43. The molecular formula is C17H17FINO. The summed E-state index contributed by atoms with van der Waals surface area (Å²) in [7, 11) is 0. The maximum Gasteiger partial charge on any atom is 0.234 e. The van der Waals surface area contributed by atoms with Gasteiger partial charge in [-0.15, -0.1) is 0 Å². The summed E-state index contributed by atoms with van der Waals surface area (Å²) in [4.78, 5) is 12.6. The largest absolute Gasteiger partial charge is 0.325 e. The molecule has 2 aromatic carbocycles. The van der Waals surface area contributed by atoms with E-state index >= 15 is 0 Å². The van der Waals surface area contributed by atoms with E-state index in [9.17, 15) is 9.18 Å². The Morgan fingerprint density at radius 3 is 2.52 bits per heavy atom. The maximum atomic E-state index is 13.9. The molecule has 0 aliphatic rings. The van der Waals surface area contributed by atoms with Crippen molar-refractivity contribution in [1.82, 2.24) is 0 Å². The lowest BCUT2D eigenvalue weighted by atomic mass is 9.83. The number of aryl methyl sites for hydroxylation is 1. The van der Waals surface area contributed by atoms with Crippen LogP contribution in [0.5, 0.6) is 0 Å². The lowest BCUT2D eigenvalue weighted by molar-refractivity contribution is -0.120. The van der Waals surface area contributed by atoms with Gasteiger partial charge in [-0.25, -0.2) is 4.39 Å². The van der Waals surface area contributed by atoms with E-state index in [2.05, 4.69) is 27.9 Å². The molecule has 4 heteroatoms. The fraction of sp³-hybridized carbons (Fsp3) is 0.235. The van der Waals surface area contributed by atoms with E-state index in [1.807, 2.05) is 25.1 Å². The first kappa shape index (κ1) is 15.9. The van der Waals surface area contributed by atoms with Crippen LogP contribution in [0.4, 0.5) is 10.1 Å². The van der Waals surface area contributed by atoms with Crippen molar-refractivity contribution in [2.24, 2.45) is 0 Å². The molecule has 21 heavy (non-hydrogen) atoms. The second kappa shape index (κ2) is 6.13. The van der Waals surface area contributed by atoms with Crippen molar-refractivity contribution in [3.8, 4) is 0 Å². The van der Waals surface area contributed by atoms with Gasteiger partial charge in [0.25, 0.3) is 0 Å². The number of hydrogen-bond acceptors (Lipinski definition) is 1. The standard InChI is InChI=1S/C17H17FINO/c1-11-8-9-12(19)10-15(11)20-16(21)17(2,3)13-6-4-5-7-14(13)18/h4-10H,1-3H3,(H,20,21). The van der Waals surface area contributed by atoms with Crippen molar-refractivity contribution in [3.63, 3.8) is 0 Å². The number of anilines is 1. The molecule has 0 saturated carbocycles. The molecule has 2 nitrogen and oxygen atoms in total. The molecule has 0 fully saturated rings. The van der Waals surface area contributed by atoms with Crippen LogP contribution in [-0.2, 0) is 10.2 Å². The highest BCUT2D eigenvalue weighted by molar-refractivity contribution is 14.1. The molecule has 0 aromatic heterocycles. The number of nitrogens with one attached hydrogen (secondary N) is 1. The second-order valence-corrected chi connectivity index (χ2v) is 6.76. The van der Waals surface area contributed by atoms with Crippen LogP contribution in [0.2, 0.25) is 0 Å². The van der Waals surface area contributed by atoms with Crippen molar-refractivity contribution in [3.05, 3.63) is 63.0 Å². The van der Waals surface area contributed by atoms with E-state index in [1.54, 1.807) is 32.0 Å². The van der Waals surface area contributed by atoms with Crippen LogP contribution in [0.1, 0.15) is 25.0 Å². The van der Waals surface area contributed by atoms with Crippen molar-refractivity contribution in [2.75, 3.05) is 5.32 Å². The number of halogens is 2. The smallest absolute Gasteiger partial charge is 0.234 e. The zero-order valence-corrected chi connectivity index (χ0v) is 14.4. The lowest BCUT2D eigenvalue weighted by Gasteiger charge is -2.25. The Hall–Kier alpha value is -1.43. The Morgan fingerprint density at radius 2 is 1.86 bits per heavy atom. The lowest BCUT2D eigenvalue weighted by Crippen LogP contribution is -2.35. The van der Waals surface area contributed by atoms with Crippen molar-refractivity contribution in [2.45, 2.75) is 26.2 Å². The fourth-order valence-corrected chi connectivity index (χ4v) is 2.59. The number of hydrogen-bond donors (Lipinski definition) is 1. The van der Waals surface area contributed by atoms with Crippen LogP contribution < -0.4 is 5.32 Å². The molecule has 1 N–H and O–H groups in total. The summed E-state index contributed by atoms with van der Waals surface area (Å²) < 4.78 is 15.0. The summed E-state index contributed by atoms with van der Waals surface area (Å²) >= 11 is 2.20. The predicted octanol–water partition coefficient (Wildman–Crippen LogP) is 4.66. The Labute approximate surface area is 137 Å². The van der Waals surface area contributed by atoms with Gasteiger partial charge >= 0.3 is 0 Å². The van der Waals surface area contributed by atoms with Gasteiger partial charge in [0.15, 0.2) is 0 Å². The minimum Gasteiger partial charge on any atom is -0.325 e. The van der Waals surface area contributed by atoms with Crippen molar-refractivity contribution < 1.29 is 9.18 Å². The Balaban J connectivity index is 2.31. The summed E-state index contributed by atoms with van der Waals surface area (Å²) in [6.45, 7) is 5.38. The molecule has 0 aliphatic heterocycles. The third-order valence-corrected chi connectivity index (χ3v) is 4.23. The summed E-state index contributed by atoms with van der Waals surface area (Å²) in [6, 6.07) is 12.2. The molecule has 110 valence electrons. The van der Waals surface area contributed by atoms with Gasteiger partial charge in [0.2, 0.25) is 5.91 Å². The first-order valence-electron chi connectivity index (χ1n) is 6.65. The van der Waals surface area contributed by atoms with Gasteiger partial charge in [0.1, 0.15) is 5.82 Å². The Morgan fingerprint density at radius 1 is 1.19 bits per heavy atom. The Kier molecular flexibility index (Phi) is 4.66. The van der Waals surface area contributed by atoms with Crippen molar-refractivity contribution in [1.29, 1.82) is 0 Å². The van der Waals surface area contributed by atoms with Gasteiger partial charge in [-0.2, -0.15) is 0 Å². The molecule has 0 atom stereocenters. The first-order valence-corrected chi connectivity index (χ1v) is 7.73. The van der Waals surface area contributed by atoms with Gasteiger partial charge in [0.05, 0.1) is 5.41 Å². The van der Waals surface area contributed by atoms with Crippen LogP contribution in [0, 0.1) is 16.3 Å². The van der Waals surface area contributed by atoms with Crippen molar-refractivity contribution >= 4 is 34.2 Å².